The van der Waals surface area contributed by atoms with E-state index in [4.69, 9.17) is 27.6 Å². The fraction of sp³-hybridized carbons (Fsp3) is 0.250. The van der Waals surface area contributed by atoms with Crippen LogP contribution >= 0.6 is 23.2 Å². The van der Waals surface area contributed by atoms with Crippen LogP contribution in [0.25, 0.3) is 0 Å². The molecular weight excluding hydrogens is 339 g/mol. The fourth-order valence-corrected chi connectivity index (χ4v) is 3.07. The number of nitrogens with one attached hydrogen (secondary N) is 1. The first kappa shape index (κ1) is 15.9. The molecule has 1 aliphatic rings. The van der Waals surface area contributed by atoms with Crippen molar-refractivity contribution in [3.05, 3.63) is 52.4 Å². The van der Waals surface area contributed by atoms with Gasteiger partial charge in [0.2, 0.25) is 11.8 Å². The van der Waals surface area contributed by atoms with E-state index < -0.39 is 5.92 Å². The number of hydrogen-bond donors (Lipinski definition) is 1. The molecule has 0 bridgehead atoms. The minimum atomic E-state index is -0.407. The number of furan rings is 1. The van der Waals surface area contributed by atoms with Gasteiger partial charge in [-0.3, -0.25) is 9.59 Å². The molecule has 1 fully saturated rings. The highest BCUT2D eigenvalue weighted by atomic mass is 35.5. The van der Waals surface area contributed by atoms with Gasteiger partial charge in [0.1, 0.15) is 5.76 Å². The molecule has 1 aromatic carbocycles. The summed E-state index contributed by atoms with van der Waals surface area (Å²) in [7, 11) is 0. The number of rotatable bonds is 4. The largest absolute Gasteiger partial charge is 0.467 e. The lowest BCUT2D eigenvalue weighted by Gasteiger charge is -2.17. The molecule has 7 heteroatoms. The van der Waals surface area contributed by atoms with Gasteiger partial charge in [-0.1, -0.05) is 23.2 Å². The number of anilines is 1. The average molecular weight is 353 g/mol. The highest BCUT2D eigenvalue weighted by molar-refractivity contribution is 6.35. The molecular formula is C16H14Cl2N2O3. The van der Waals surface area contributed by atoms with E-state index in [-0.39, 0.29) is 18.2 Å². The Labute approximate surface area is 143 Å². The highest BCUT2D eigenvalue weighted by Gasteiger charge is 2.35. The van der Waals surface area contributed by atoms with E-state index in [1.165, 1.54) is 4.90 Å². The second-order valence-corrected chi connectivity index (χ2v) is 6.20. The van der Waals surface area contributed by atoms with Crippen LogP contribution in [0.15, 0.2) is 41.0 Å². The van der Waals surface area contributed by atoms with Gasteiger partial charge in [-0.05, 0) is 30.3 Å². The summed E-state index contributed by atoms with van der Waals surface area (Å²) in [6, 6.07) is 8.45. The lowest BCUT2D eigenvalue weighted by molar-refractivity contribution is -0.126. The second-order valence-electron chi connectivity index (χ2n) is 5.33. The van der Waals surface area contributed by atoms with Crippen molar-refractivity contribution in [2.24, 2.45) is 5.92 Å². The molecule has 120 valence electrons. The third-order valence-electron chi connectivity index (χ3n) is 3.67. The summed E-state index contributed by atoms with van der Waals surface area (Å²) >= 11 is 11.9. The minimum Gasteiger partial charge on any atom is -0.467 e. The maximum atomic E-state index is 12.2. The molecule has 2 heterocycles. The molecule has 0 aliphatic carbocycles. The molecule has 2 amide bonds. The number of amides is 2. The van der Waals surface area contributed by atoms with Crippen LogP contribution in [-0.4, -0.2) is 18.4 Å². The van der Waals surface area contributed by atoms with Gasteiger partial charge in [-0.25, -0.2) is 0 Å². The fourth-order valence-electron chi connectivity index (χ4n) is 2.56. The molecule has 3 rings (SSSR count). The molecule has 0 spiro atoms. The predicted molar refractivity (Wildman–Crippen MR) is 87.5 cm³/mol. The van der Waals surface area contributed by atoms with Crippen molar-refractivity contribution in [1.82, 2.24) is 5.32 Å². The molecule has 5 nitrogen and oxygen atoms in total. The number of nitrogens with zero attached hydrogens (tertiary/aromatic N) is 1. The van der Waals surface area contributed by atoms with Gasteiger partial charge in [0, 0.05) is 28.7 Å². The van der Waals surface area contributed by atoms with Gasteiger partial charge in [0.05, 0.1) is 18.7 Å². The summed E-state index contributed by atoms with van der Waals surface area (Å²) in [6.45, 7) is 0.610. The van der Waals surface area contributed by atoms with E-state index in [0.717, 1.165) is 0 Å². The Balaban J connectivity index is 1.65. The monoisotopic (exact) mass is 352 g/mol. The molecule has 1 unspecified atom stereocenters. The van der Waals surface area contributed by atoms with Crippen LogP contribution < -0.4 is 10.2 Å². The number of hydrogen-bond acceptors (Lipinski definition) is 3. The zero-order valence-electron chi connectivity index (χ0n) is 12.1. The molecule has 1 N–H and O–H groups in total. The number of carbonyl (C=O) groups excluding carboxylic acids is 2. The Morgan fingerprint density at radius 1 is 1.30 bits per heavy atom. The Morgan fingerprint density at radius 3 is 2.70 bits per heavy atom. The first-order valence-electron chi connectivity index (χ1n) is 7.09. The molecule has 1 aliphatic heterocycles. The Bertz CT molecular complexity index is 711. The molecule has 23 heavy (non-hydrogen) atoms. The zero-order valence-corrected chi connectivity index (χ0v) is 13.6. The number of benzene rings is 1. The second kappa shape index (κ2) is 6.64. The Kier molecular flexibility index (Phi) is 4.59. The SMILES string of the molecule is O=C(NCc1ccco1)C1CC(=O)N(c2cc(Cl)cc(Cl)c2)C1. The molecule has 1 saturated heterocycles. The predicted octanol–water partition coefficient (Wildman–Crippen LogP) is 3.26. The summed E-state index contributed by atoms with van der Waals surface area (Å²) in [5.74, 6) is -0.0387. The van der Waals surface area contributed by atoms with E-state index in [1.54, 1.807) is 36.6 Å². The molecule has 0 saturated carbocycles. The lowest BCUT2D eigenvalue weighted by atomic mass is 10.1. The first-order valence-corrected chi connectivity index (χ1v) is 7.85. The average Bonchev–Trinajstić information content (AvgIpc) is 3.13. The van der Waals surface area contributed by atoms with Crippen molar-refractivity contribution >= 4 is 40.7 Å². The van der Waals surface area contributed by atoms with Gasteiger partial charge in [-0.15, -0.1) is 0 Å². The lowest BCUT2D eigenvalue weighted by Crippen LogP contribution is -2.32. The van der Waals surface area contributed by atoms with E-state index >= 15 is 0 Å². The van der Waals surface area contributed by atoms with Crippen LogP contribution in [-0.2, 0) is 16.1 Å². The summed E-state index contributed by atoms with van der Waals surface area (Å²) in [4.78, 5) is 25.9. The van der Waals surface area contributed by atoms with E-state index in [1.807, 2.05) is 0 Å². The maximum absolute atomic E-state index is 12.2. The van der Waals surface area contributed by atoms with Crippen molar-refractivity contribution in [2.45, 2.75) is 13.0 Å². The number of carbonyl (C=O) groups is 2. The van der Waals surface area contributed by atoms with Crippen LogP contribution in [0.2, 0.25) is 10.0 Å². The van der Waals surface area contributed by atoms with Gasteiger partial charge >= 0.3 is 0 Å². The van der Waals surface area contributed by atoms with Crippen LogP contribution in [0.1, 0.15) is 12.2 Å². The summed E-state index contributed by atoms with van der Waals surface area (Å²) in [5, 5.41) is 3.68. The zero-order chi connectivity index (χ0) is 16.4. The summed E-state index contributed by atoms with van der Waals surface area (Å²) in [5.41, 5.74) is 0.605. The van der Waals surface area contributed by atoms with Crippen molar-refractivity contribution in [3.8, 4) is 0 Å². The van der Waals surface area contributed by atoms with E-state index in [9.17, 15) is 9.59 Å². The highest BCUT2D eigenvalue weighted by Crippen LogP contribution is 2.30. The van der Waals surface area contributed by atoms with E-state index in [0.29, 0.717) is 34.6 Å². The van der Waals surface area contributed by atoms with Crippen LogP contribution in [0.3, 0.4) is 0 Å². The van der Waals surface area contributed by atoms with Crippen molar-refractivity contribution < 1.29 is 14.0 Å². The van der Waals surface area contributed by atoms with Gasteiger partial charge in [0.15, 0.2) is 0 Å². The van der Waals surface area contributed by atoms with Crippen LogP contribution in [0.4, 0.5) is 5.69 Å². The molecule has 1 atom stereocenters. The van der Waals surface area contributed by atoms with Crippen LogP contribution in [0.5, 0.6) is 0 Å². The smallest absolute Gasteiger partial charge is 0.227 e. The third-order valence-corrected chi connectivity index (χ3v) is 4.11. The Hall–Kier alpha value is -1.98. The van der Waals surface area contributed by atoms with Crippen molar-refractivity contribution in [1.29, 1.82) is 0 Å². The standard InChI is InChI=1S/C16H14Cl2N2O3/c17-11-5-12(18)7-13(6-11)20-9-10(4-15(20)21)16(22)19-8-14-2-1-3-23-14/h1-3,5-7,10H,4,8-9H2,(H,19,22). The molecule has 1 aromatic heterocycles. The molecule has 2 aromatic rings. The van der Waals surface area contributed by atoms with Crippen molar-refractivity contribution in [2.75, 3.05) is 11.4 Å². The third kappa shape index (κ3) is 3.68. The summed E-state index contributed by atoms with van der Waals surface area (Å²) in [6.07, 6.45) is 1.71. The normalized spacial score (nSPS) is 17.6. The van der Waals surface area contributed by atoms with E-state index in [2.05, 4.69) is 5.32 Å². The summed E-state index contributed by atoms with van der Waals surface area (Å²) < 4.78 is 5.16. The first-order chi connectivity index (χ1) is 11.0. The van der Waals surface area contributed by atoms with Gasteiger partial charge < -0.3 is 14.6 Å². The Morgan fingerprint density at radius 2 is 2.04 bits per heavy atom. The number of halogens is 2. The maximum Gasteiger partial charge on any atom is 0.227 e. The van der Waals surface area contributed by atoms with Gasteiger partial charge in [-0.2, -0.15) is 0 Å². The minimum absolute atomic E-state index is 0.124. The van der Waals surface area contributed by atoms with Gasteiger partial charge in [0.25, 0.3) is 0 Å². The topological polar surface area (TPSA) is 62.6 Å². The van der Waals surface area contributed by atoms with Crippen LogP contribution in [0, 0.1) is 5.92 Å². The quantitative estimate of drug-likeness (QED) is 0.918. The molecule has 0 radical (unpaired) electrons. The van der Waals surface area contributed by atoms with Crippen molar-refractivity contribution in [3.63, 3.8) is 0 Å².